The molecule has 0 heterocycles. The molecule has 76 valence electrons. The van der Waals surface area contributed by atoms with Gasteiger partial charge in [0, 0.05) is 12.6 Å². The van der Waals surface area contributed by atoms with Gasteiger partial charge in [-0.15, -0.1) is 0 Å². The molecule has 1 rings (SSSR count). The third-order valence-electron chi connectivity index (χ3n) is 2.08. The molecule has 0 atom stereocenters. The third-order valence-corrected chi connectivity index (χ3v) is 2.08. The van der Waals surface area contributed by atoms with Crippen molar-refractivity contribution in [1.29, 1.82) is 0 Å². The normalized spacial score (nSPS) is 10.4. The van der Waals surface area contributed by atoms with Crippen LogP contribution in [0.4, 0.5) is 4.39 Å². The zero-order valence-corrected chi connectivity index (χ0v) is 8.60. The molecule has 0 aliphatic carbocycles. The van der Waals surface area contributed by atoms with E-state index in [1.807, 2.05) is 13.8 Å². The average molecular weight is 195 g/mol. The summed E-state index contributed by atoms with van der Waals surface area (Å²) in [7, 11) is 1.53. The molecule has 1 N–H and O–H groups in total. The van der Waals surface area contributed by atoms with Gasteiger partial charge in [-0.05, 0) is 29.7 Å². The number of hydrogen-bond acceptors (Lipinski definition) is 1. The van der Waals surface area contributed by atoms with Crippen LogP contribution in [0.25, 0.3) is 0 Å². The van der Waals surface area contributed by atoms with E-state index in [9.17, 15) is 9.18 Å². The van der Waals surface area contributed by atoms with Gasteiger partial charge >= 0.3 is 0 Å². The van der Waals surface area contributed by atoms with Gasteiger partial charge in [0.25, 0.3) is 5.91 Å². The summed E-state index contributed by atoms with van der Waals surface area (Å²) >= 11 is 0. The second kappa shape index (κ2) is 4.22. The van der Waals surface area contributed by atoms with Gasteiger partial charge in [-0.1, -0.05) is 13.8 Å². The fourth-order valence-electron chi connectivity index (χ4n) is 1.22. The summed E-state index contributed by atoms with van der Waals surface area (Å²) < 4.78 is 13.1. The molecule has 0 fully saturated rings. The molecule has 0 bridgehead atoms. The van der Waals surface area contributed by atoms with Gasteiger partial charge in [-0.3, -0.25) is 4.79 Å². The van der Waals surface area contributed by atoms with Crippen molar-refractivity contribution in [2.24, 2.45) is 0 Å². The molecule has 0 saturated heterocycles. The minimum absolute atomic E-state index is 0.217. The van der Waals surface area contributed by atoms with E-state index < -0.39 is 0 Å². The van der Waals surface area contributed by atoms with Crippen LogP contribution in [0.1, 0.15) is 35.7 Å². The highest BCUT2D eigenvalue weighted by atomic mass is 19.1. The van der Waals surface area contributed by atoms with E-state index in [4.69, 9.17) is 0 Å². The summed E-state index contributed by atoms with van der Waals surface area (Å²) in [5, 5.41) is 2.47. The molecule has 14 heavy (non-hydrogen) atoms. The highest BCUT2D eigenvalue weighted by Gasteiger charge is 2.08. The second-order valence-corrected chi connectivity index (χ2v) is 3.51. The number of rotatable bonds is 2. The highest BCUT2D eigenvalue weighted by molar-refractivity contribution is 5.94. The van der Waals surface area contributed by atoms with E-state index in [0.717, 1.165) is 5.56 Å². The van der Waals surface area contributed by atoms with Gasteiger partial charge in [0.2, 0.25) is 0 Å². The van der Waals surface area contributed by atoms with Crippen LogP contribution >= 0.6 is 0 Å². The molecule has 1 aromatic carbocycles. The Morgan fingerprint density at radius 1 is 1.36 bits per heavy atom. The van der Waals surface area contributed by atoms with E-state index in [-0.39, 0.29) is 17.6 Å². The van der Waals surface area contributed by atoms with E-state index in [0.29, 0.717) is 5.56 Å². The largest absolute Gasteiger partial charge is 0.355 e. The van der Waals surface area contributed by atoms with Gasteiger partial charge in [0.15, 0.2) is 0 Å². The number of nitrogens with one attached hydrogen (secondary N) is 1. The fraction of sp³-hybridized carbons (Fsp3) is 0.364. The standard InChI is InChI=1S/C11H14FNO/c1-7(2)8-4-9(11(14)13-3)6-10(12)5-8/h4-7H,1-3H3,(H,13,14). The monoisotopic (exact) mass is 195 g/mol. The summed E-state index contributed by atoms with van der Waals surface area (Å²) in [5.74, 6) is -0.407. The number of carbonyl (C=O) groups excluding carboxylic acids is 1. The summed E-state index contributed by atoms with van der Waals surface area (Å²) in [6, 6.07) is 4.41. The Labute approximate surface area is 83.1 Å². The first-order valence-electron chi connectivity index (χ1n) is 4.57. The Morgan fingerprint density at radius 2 is 2.00 bits per heavy atom. The van der Waals surface area contributed by atoms with E-state index in [2.05, 4.69) is 5.32 Å². The van der Waals surface area contributed by atoms with E-state index >= 15 is 0 Å². The lowest BCUT2D eigenvalue weighted by Crippen LogP contribution is -2.18. The molecule has 0 unspecified atom stereocenters. The van der Waals surface area contributed by atoms with Crippen LogP contribution in [-0.2, 0) is 0 Å². The van der Waals surface area contributed by atoms with Crippen molar-refractivity contribution in [2.45, 2.75) is 19.8 Å². The van der Waals surface area contributed by atoms with Crippen LogP contribution in [0.3, 0.4) is 0 Å². The Bertz CT molecular complexity index is 347. The number of halogens is 1. The molecule has 0 radical (unpaired) electrons. The van der Waals surface area contributed by atoms with Crippen LogP contribution in [0, 0.1) is 5.82 Å². The number of benzene rings is 1. The minimum atomic E-state index is -0.366. The first kappa shape index (κ1) is 10.7. The maximum atomic E-state index is 13.1. The molecule has 0 saturated carbocycles. The van der Waals surface area contributed by atoms with Crippen LogP contribution in [0.2, 0.25) is 0 Å². The first-order chi connectivity index (χ1) is 6.54. The topological polar surface area (TPSA) is 29.1 Å². The van der Waals surface area contributed by atoms with Crippen molar-refractivity contribution < 1.29 is 9.18 Å². The fourth-order valence-corrected chi connectivity index (χ4v) is 1.22. The summed E-state index contributed by atoms with van der Waals surface area (Å²) in [5.41, 5.74) is 1.21. The predicted octanol–water partition coefficient (Wildman–Crippen LogP) is 2.31. The van der Waals surface area contributed by atoms with Crippen molar-refractivity contribution in [3.8, 4) is 0 Å². The SMILES string of the molecule is CNC(=O)c1cc(F)cc(C(C)C)c1. The first-order valence-corrected chi connectivity index (χ1v) is 4.57. The summed E-state index contributed by atoms with van der Waals surface area (Å²) in [6.07, 6.45) is 0. The lowest BCUT2D eigenvalue weighted by Gasteiger charge is -2.07. The van der Waals surface area contributed by atoms with Crippen molar-refractivity contribution >= 4 is 5.91 Å². The van der Waals surface area contributed by atoms with Gasteiger partial charge in [0.05, 0.1) is 0 Å². The molecular weight excluding hydrogens is 181 g/mol. The van der Waals surface area contributed by atoms with Crippen molar-refractivity contribution in [1.82, 2.24) is 5.32 Å². The average Bonchev–Trinajstić information content (AvgIpc) is 2.15. The summed E-state index contributed by atoms with van der Waals surface area (Å²) in [4.78, 5) is 11.3. The Balaban J connectivity index is 3.13. The number of hydrogen-bond donors (Lipinski definition) is 1. The molecule has 1 aromatic rings. The van der Waals surface area contributed by atoms with Crippen molar-refractivity contribution in [3.05, 3.63) is 35.1 Å². The van der Waals surface area contributed by atoms with Crippen molar-refractivity contribution in [2.75, 3.05) is 7.05 Å². The van der Waals surface area contributed by atoms with Crippen molar-refractivity contribution in [3.63, 3.8) is 0 Å². The van der Waals surface area contributed by atoms with Crippen LogP contribution in [0.15, 0.2) is 18.2 Å². The maximum Gasteiger partial charge on any atom is 0.251 e. The predicted molar refractivity (Wildman–Crippen MR) is 53.9 cm³/mol. The second-order valence-electron chi connectivity index (χ2n) is 3.51. The quantitative estimate of drug-likeness (QED) is 0.770. The third kappa shape index (κ3) is 2.31. The Morgan fingerprint density at radius 3 is 2.50 bits per heavy atom. The molecular formula is C11H14FNO. The lowest BCUT2D eigenvalue weighted by molar-refractivity contribution is 0.0962. The summed E-state index contributed by atoms with van der Waals surface area (Å²) in [6.45, 7) is 3.92. The molecule has 2 nitrogen and oxygen atoms in total. The molecule has 0 spiro atoms. The molecule has 0 aliphatic rings. The van der Waals surface area contributed by atoms with Crippen LogP contribution in [-0.4, -0.2) is 13.0 Å². The minimum Gasteiger partial charge on any atom is -0.355 e. The van der Waals surface area contributed by atoms with Crippen LogP contribution < -0.4 is 5.32 Å². The van der Waals surface area contributed by atoms with Crippen LogP contribution in [0.5, 0.6) is 0 Å². The van der Waals surface area contributed by atoms with Gasteiger partial charge in [0.1, 0.15) is 5.82 Å². The van der Waals surface area contributed by atoms with E-state index in [1.165, 1.54) is 19.2 Å². The lowest BCUT2D eigenvalue weighted by atomic mass is 10.0. The Kier molecular flexibility index (Phi) is 3.23. The van der Waals surface area contributed by atoms with Gasteiger partial charge < -0.3 is 5.32 Å². The van der Waals surface area contributed by atoms with Gasteiger partial charge in [-0.2, -0.15) is 0 Å². The zero-order valence-electron chi connectivity index (χ0n) is 8.60. The number of carbonyl (C=O) groups is 1. The maximum absolute atomic E-state index is 13.1. The van der Waals surface area contributed by atoms with E-state index in [1.54, 1.807) is 6.07 Å². The molecule has 1 amide bonds. The zero-order chi connectivity index (χ0) is 10.7. The smallest absolute Gasteiger partial charge is 0.251 e. The molecule has 0 aliphatic heterocycles. The highest BCUT2D eigenvalue weighted by Crippen LogP contribution is 2.17. The number of amides is 1. The van der Waals surface area contributed by atoms with Gasteiger partial charge in [-0.25, -0.2) is 4.39 Å². The molecule has 0 aromatic heterocycles. The molecule has 3 heteroatoms. The Hall–Kier alpha value is -1.38.